The summed E-state index contributed by atoms with van der Waals surface area (Å²) in [6.07, 6.45) is 2.74. The normalized spacial score (nSPS) is 9.00. The fourth-order valence-electron chi connectivity index (χ4n) is 0.379. The number of nitrogens with zero attached hydrogens (tertiary/aromatic N) is 3. The molecule has 0 spiro atoms. The van der Waals surface area contributed by atoms with E-state index < -0.39 is 0 Å². The van der Waals surface area contributed by atoms with Gasteiger partial charge >= 0.3 is 0 Å². The minimum atomic E-state index is 0.331. The lowest BCUT2D eigenvalue weighted by molar-refractivity contribution is 1.02. The maximum atomic E-state index is 5.46. The average molecular weight is 142 g/mol. The lowest BCUT2D eigenvalue weighted by atomic mass is 10.6. The van der Waals surface area contributed by atoms with Crippen LogP contribution >= 0.6 is 11.6 Å². The molecule has 0 unspecified atom stereocenters. The van der Waals surface area contributed by atoms with Crippen molar-refractivity contribution in [3.8, 4) is 0 Å². The second-order valence-electron chi connectivity index (χ2n) is 1.37. The second kappa shape index (κ2) is 2.55. The zero-order chi connectivity index (χ0) is 6.69. The van der Waals surface area contributed by atoms with Gasteiger partial charge in [-0.25, -0.2) is 15.0 Å². The molecular formula is C5H4ClN3. The number of aromatic nitrogens is 3. The Morgan fingerprint density at radius 1 is 1.44 bits per heavy atom. The minimum Gasteiger partial charge on any atom is -0.225 e. The molecule has 0 aliphatic heterocycles. The van der Waals surface area contributed by atoms with Gasteiger partial charge in [-0.2, -0.15) is 0 Å². The Labute approximate surface area is 57.4 Å². The predicted molar refractivity (Wildman–Crippen MR) is 34.7 cm³/mol. The van der Waals surface area contributed by atoms with Crippen LogP contribution < -0.4 is 0 Å². The van der Waals surface area contributed by atoms with E-state index >= 15 is 0 Å². The first-order valence-electron chi connectivity index (χ1n) is 2.27. The summed E-state index contributed by atoms with van der Waals surface area (Å²) in [7, 11) is 0. The molecule has 0 aliphatic carbocycles. The Balaban J connectivity index is 2.98. The van der Waals surface area contributed by atoms with E-state index in [1.54, 1.807) is 0 Å². The van der Waals surface area contributed by atoms with Crippen LogP contribution in [0.3, 0.4) is 0 Å². The average Bonchev–Trinajstić information content (AvgIpc) is 1.90. The highest BCUT2D eigenvalue weighted by molar-refractivity contribution is 6.47. The summed E-state index contributed by atoms with van der Waals surface area (Å²) in [5, 5.41) is 0.331. The van der Waals surface area contributed by atoms with Gasteiger partial charge in [0.05, 0.1) is 5.03 Å². The molecule has 0 N–H and O–H groups in total. The molecule has 0 bridgehead atoms. The molecule has 0 saturated heterocycles. The SMILES string of the molecule is C=C(Cl)c1ncncn1. The van der Waals surface area contributed by atoms with Gasteiger partial charge < -0.3 is 0 Å². The Kier molecular flexibility index (Phi) is 1.75. The van der Waals surface area contributed by atoms with Gasteiger partial charge in [-0.1, -0.05) is 18.2 Å². The number of hydrogen-bond acceptors (Lipinski definition) is 3. The van der Waals surface area contributed by atoms with Crippen LogP contribution in [0.4, 0.5) is 0 Å². The Hall–Kier alpha value is -0.960. The van der Waals surface area contributed by atoms with Crippen LogP contribution in [-0.4, -0.2) is 15.0 Å². The first kappa shape index (κ1) is 6.16. The molecule has 0 aliphatic rings. The van der Waals surface area contributed by atoms with Gasteiger partial charge in [-0.15, -0.1) is 0 Å². The lowest BCUT2D eigenvalue weighted by Gasteiger charge is -1.89. The van der Waals surface area contributed by atoms with E-state index in [1.165, 1.54) is 12.7 Å². The fraction of sp³-hybridized carbons (Fsp3) is 0. The van der Waals surface area contributed by atoms with Crippen molar-refractivity contribution in [1.29, 1.82) is 0 Å². The quantitative estimate of drug-likeness (QED) is 0.588. The third kappa shape index (κ3) is 1.47. The summed E-state index contributed by atoms with van der Waals surface area (Å²) in [6, 6.07) is 0. The van der Waals surface area contributed by atoms with E-state index in [0.717, 1.165) is 0 Å². The standard InChI is InChI=1S/C5H4ClN3/c1-4(6)5-8-2-7-3-9-5/h2-3H,1H2. The molecule has 4 heteroatoms. The Morgan fingerprint density at radius 2 is 2.00 bits per heavy atom. The van der Waals surface area contributed by atoms with E-state index in [0.29, 0.717) is 10.9 Å². The van der Waals surface area contributed by atoms with E-state index in [2.05, 4.69) is 21.5 Å². The maximum absolute atomic E-state index is 5.46. The van der Waals surface area contributed by atoms with E-state index in [9.17, 15) is 0 Å². The van der Waals surface area contributed by atoms with Gasteiger partial charge in [0.2, 0.25) is 0 Å². The fourth-order valence-corrected chi connectivity index (χ4v) is 0.477. The molecule has 9 heavy (non-hydrogen) atoms. The summed E-state index contributed by atoms with van der Waals surface area (Å²) < 4.78 is 0. The summed E-state index contributed by atoms with van der Waals surface area (Å²) in [5.41, 5.74) is 0. The molecule has 1 heterocycles. The van der Waals surface area contributed by atoms with Gasteiger partial charge in [-0.3, -0.25) is 0 Å². The number of rotatable bonds is 1. The molecule has 0 saturated carbocycles. The molecule has 0 atom stereocenters. The van der Waals surface area contributed by atoms with Crippen molar-refractivity contribution in [1.82, 2.24) is 15.0 Å². The van der Waals surface area contributed by atoms with Crippen molar-refractivity contribution in [3.63, 3.8) is 0 Å². The second-order valence-corrected chi connectivity index (χ2v) is 1.82. The summed E-state index contributed by atoms with van der Waals surface area (Å²) in [6.45, 7) is 3.44. The highest BCUT2D eigenvalue weighted by Crippen LogP contribution is 2.07. The summed E-state index contributed by atoms with van der Waals surface area (Å²) in [4.78, 5) is 11.1. The summed E-state index contributed by atoms with van der Waals surface area (Å²) in [5.74, 6) is 0.423. The van der Waals surface area contributed by atoms with Crippen LogP contribution in [0.5, 0.6) is 0 Å². The first-order chi connectivity index (χ1) is 4.30. The summed E-state index contributed by atoms with van der Waals surface area (Å²) >= 11 is 5.46. The third-order valence-electron chi connectivity index (χ3n) is 0.736. The maximum Gasteiger partial charge on any atom is 0.173 e. The zero-order valence-electron chi connectivity index (χ0n) is 4.58. The highest BCUT2D eigenvalue weighted by Gasteiger charge is 1.93. The van der Waals surface area contributed by atoms with Crippen LogP contribution in [0.25, 0.3) is 5.03 Å². The van der Waals surface area contributed by atoms with Crippen LogP contribution in [0.15, 0.2) is 19.2 Å². The molecule has 0 fully saturated rings. The van der Waals surface area contributed by atoms with Gasteiger partial charge in [0.25, 0.3) is 0 Å². The van der Waals surface area contributed by atoms with Crippen molar-refractivity contribution in [2.45, 2.75) is 0 Å². The Morgan fingerprint density at radius 3 is 2.33 bits per heavy atom. The Bertz CT molecular complexity index is 209. The van der Waals surface area contributed by atoms with Crippen molar-refractivity contribution in [2.24, 2.45) is 0 Å². The highest BCUT2D eigenvalue weighted by atomic mass is 35.5. The van der Waals surface area contributed by atoms with Gasteiger partial charge in [0, 0.05) is 0 Å². The van der Waals surface area contributed by atoms with Gasteiger partial charge in [0.15, 0.2) is 5.82 Å². The molecule has 1 aromatic rings. The van der Waals surface area contributed by atoms with Crippen LogP contribution in [-0.2, 0) is 0 Å². The smallest absolute Gasteiger partial charge is 0.173 e. The monoisotopic (exact) mass is 141 g/mol. The molecular weight excluding hydrogens is 138 g/mol. The predicted octanol–water partition coefficient (Wildman–Crippen LogP) is 1.08. The van der Waals surface area contributed by atoms with Crippen molar-refractivity contribution < 1.29 is 0 Å². The molecule has 46 valence electrons. The zero-order valence-corrected chi connectivity index (χ0v) is 5.34. The van der Waals surface area contributed by atoms with E-state index in [4.69, 9.17) is 11.6 Å². The topological polar surface area (TPSA) is 38.7 Å². The van der Waals surface area contributed by atoms with Crippen molar-refractivity contribution >= 4 is 16.6 Å². The molecule has 0 aromatic carbocycles. The largest absolute Gasteiger partial charge is 0.225 e. The van der Waals surface area contributed by atoms with Crippen molar-refractivity contribution in [2.75, 3.05) is 0 Å². The van der Waals surface area contributed by atoms with Crippen LogP contribution in [0.1, 0.15) is 5.82 Å². The molecule has 0 radical (unpaired) electrons. The molecule has 1 aromatic heterocycles. The van der Waals surface area contributed by atoms with Crippen LogP contribution in [0.2, 0.25) is 0 Å². The van der Waals surface area contributed by atoms with E-state index in [-0.39, 0.29) is 0 Å². The minimum absolute atomic E-state index is 0.331. The number of halogens is 1. The molecule has 3 nitrogen and oxygen atoms in total. The molecule has 0 amide bonds. The first-order valence-corrected chi connectivity index (χ1v) is 2.65. The number of hydrogen-bond donors (Lipinski definition) is 0. The van der Waals surface area contributed by atoms with E-state index in [1.807, 2.05) is 0 Å². The van der Waals surface area contributed by atoms with Gasteiger partial charge in [-0.05, 0) is 0 Å². The lowest BCUT2D eigenvalue weighted by Crippen LogP contribution is -1.88. The molecule has 1 rings (SSSR count). The van der Waals surface area contributed by atoms with Gasteiger partial charge in [0.1, 0.15) is 12.7 Å². The third-order valence-corrected chi connectivity index (χ3v) is 0.905. The van der Waals surface area contributed by atoms with Crippen LogP contribution in [0, 0.1) is 0 Å². The van der Waals surface area contributed by atoms with Crippen molar-refractivity contribution in [3.05, 3.63) is 25.1 Å².